The molecule has 0 heterocycles. The highest BCUT2D eigenvalue weighted by Crippen LogP contribution is 2.09. The van der Waals surface area contributed by atoms with E-state index in [1.54, 1.807) is 0 Å². The summed E-state index contributed by atoms with van der Waals surface area (Å²) in [4.78, 5) is 10.3. The van der Waals surface area contributed by atoms with Gasteiger partial charge < -0.3 is 5.11 Å². The molecule has 0 radical (unpaired) electrons. The molecule has 0 bridgehead atoms. The predicted octanol–water partition coefficient (Wildman–Crippen LogP) is 6.95. The Morgan fingerprint density at radius 3 is 1.59 bits per heavy atom. The number of unbranched alkanes of at least 4 members (excludes halogenated alkanes) is 11. The van der Waals surface area contributed by atoms with Gasteiger partial charge in [-0.2, -0.15) is 0 Å². The maximum atomic E-state index is 10.3. The lowest BCUT2D eigenvalue weighted by atomic mass is 10.1. The molecule has 0 aliphatic heterocycles. The van der Waals surface area contributed by atoms with Gasteiger partial charge in [0.15, 0.2) is 0 Å². The maximum absolute atomic E-state index is 10.3. The van der Waals surface area contributed by atoms with Crippen LogP contribution in [0.15, 0.2) is 12.2 Å². The summed E-state index contributed by atoms with van der Waals surface area (Å²) in [5, 5.41) is 8.51. The fourth-order valence-electron chi connectivity index (χ4n) is 2.35. The first kappa shape index (κ1) is 26.7. The van der Waals surface area contributed by atoms with Crippen molar-refractivity contribution in [3.8, 4) is 0 Å². The first-order valence-electron chi connectivity index (χ1n) is 8.64. The Balaban J connectivity index is -0.00000180. The summed E-state index contributed by atoms with van der Waals surface area (Å²) in [7, 11) is 0. The molecule has 0 saturated carbocycles. The lowest BCUT2D eigenvalue weighted by molar-refractivity contribution is -0.137. The van der Waals surface area contributed by atoms with Gasteiger partial charge in [-0.05, 0) is 32.1 Å². The topological polar surface area (TPSA) is 37.3 Å². The number of carbonyl (C=O) groups is 1. The lowest BCUT2D eigenvalue weighted by Gasteiger charge is -1.99. The highest BCUT2D eigenvalue weighted by atomic mass is 35.5. The van der Waals surface area contributed by atoms with E-state index in [0.29, 0.717) is 6.42 Å². The van der Waals surface area contributed by atoms with Crippen LogP contribution in [-0.4, -0.2) is 11.1 Å². The van der Waals surface area contributed by atoms with Gasteiger partial charge >= 0.3 is 5.97 Å². The minimum Gasteiger partial charge on any atom is -0.481 e. The third kappa shape index (κ3) is 24.8. The molecule has 0 aromatic heterocycles. The Kier molecular flexibility index (Phi) is 28.0. The second-order valence-electron chi connectivity index (χ2n) is 5.73. The fourth-order valence-corrected chi connectivity index (χ4v) is 2.35. The van der Waals surface area contributed by atoms with E-state index in [2.05, 4.69) is 19.1 Å². The lowest BCUT2D eigenvalue weighted by Crippen LogP contribution is -1.93. The summed E-state index contributed by atoms with van der Waals surface area (Å²) in [6.45, 7) is 2.26. The van der Waals surface area contributed by atoms with Crippen LogP contribution >= 0.6 is 24.8 Å². The molecule has 0 amide bonds. The normalized spacial score (nSPS) is 10.2. The molecule has 0 unspecified atom stereocenters. The largest absolute Gasteiger partial charge is 0.481 e. The van der Waals surface area contributed by atoms with E-state index < -0.39 is 5.97 Å². The smallest absolute Gasteiger partial charge is 0.303 e. The van der Waals surface area contributed by atoms with E-state index in [9.17, 15) is 4.79 Å². The highest BCUT2D eigenvalue weighted by Gasteiger charge is 1.95. The number of halogens is 2. The van der Waals surface area contributed by atoms with Gasteiger partial charge in [0.2, 0.25) is 0 Å². The van der Waals surface area contributed by atoms with Gasteiger partial charge in [-0.15, -0.1) is 24.8 Å². The number of carboxylic acids is 1. The van der Waals surface area contributed by atoms with Gasteiger partial charge in [0.1, 0.15) is 0 Å². The van der Waals surface area contributed by atoms with Crippen molar-refractivity contribution in [1.82, 2.24) is 0 Å². The van der Waals surface area contributed by atoms with Crippen molar-refractivity contribution < 1.29 is 9.90 Å². The van der Waals surface area contributed by atoms with Crippen molar-refractivity contribution in [2.75, 3.05) is 0 Å². The van der Waals surface area contributed by atoms with E-state index >= 15 is 0 Å². The molecule has 0 rings (SSSR count). The average Bonchev–Trinajstić information content (AvgIpc) is 2.43. The molecule has 134 valence electrons. The summed E-state index contributed by atoms with van der Waals surface area (Å²) in [6.07, 6.45) is 21.2. The number of carboxylic acid groups (broad SMARTS) is 1. The number of hydrogen-bond donors (Lipinski definition) is 1. The Morgan fingerprint density at radius 2 is 1.14 bits per heavy atom. The van der Waals surface area contributed by atoms with Crippen molar-refractivity contribution in [2.45, 2.75) is 96.8 Å². The van der Waals surface area contributed by atoms with Crippen LogP contribution in [0.2, 0.25) is 0 Å². The molecule has 0 aliphatic rings. The molecule has 0 aliphatic carbocycles. The zero-order valence-electron chi connectivity index (χ0n) is 14.2. The van der Waals surface area contributed by atoms with Gasteiger partial charge in [-0.3, -0.25) is 4.79 Å². The molecule has 4 heteroatoms. The molecular weight excluding hydrogens is 319 g/mol. The monoisotopic (exact) mass is 354 g/mol. The number of aliphatic carboxylic acids is 1. The number of allylic oxidation sites excluding steroid dienone is 2. The van der Waals surface area contributed by atoms with Gasteiger partial charge in [-0.1, -0.05) is 70.4 Å². The Bertz CT molecular complexity index is 243. The van der Waals surface area contributed by atoms with Crippen molar-refractivity contribution >= 4 is 30.8 Å². The molecular formula is C18H36Cl2O2. The minimum atomic E-state index is -0.664. The molecule has 1 N–H and O–H groups in total. The van der Waals surface area contributed by atoms with Gasteiger partial charge in [-0.25, -0.2) is 0 Å². The number of hydrogen-bond acceptors (Lipinski definition) is 1. The zero-order chi connectivity index (χ0) is 14.9. The van der Waals surface area contributed by atoms with Crippen LogP contribution in [0.25, 0.3) is 0 Å². The predicted molar refractivity (Wildman–Crippen MR) is 102 cm³/mol. The van der Waals surface area contributed by atoms with Crippen molar-refractivity contribution in [2.24, 2.45) is 0 Å². The SMILES string of the molecule is CCCCCCCC/C=C\CCCCCCCC(=O)O.Cl.Cl. The van der Waals surface area contributed by atoms with Crippen LogP contribution in [0.3, 0.4) is 0 Å². The van der Waals surface area contributed by atoms with Crippen molar-refractivity contribution in [1.29, 1.82) is 0 Å². The Labute approximate surface area is 150 Å². The fraction of sp³-hybridized carbons (Fsp3) is 0.833. The molecule has 0 spiro atoms. The summed E-state index contributed by atoms with van der Waals surface area (Å²) < 4.78 is 0. The van der Waals surface area contributed by atoms with E-state index in [1.165, 1.54) is 70.6 Å². The summed E-state index contributed by atoms with van der Waals surface area (Å²) in [5.41, 5.74) is 0. The quantitative estimate of drug-likeness (QED) is 0.255. The van der Waals surface area contributed by atoms with Gasteiger partial charge in [0.05, 0.1) is 0 Å². The molecule has 0 saturated heterocycles. The summed E-state index contributed by atoms with van der Waals surface area (Å²) in [6, 6.07) is 0. The van der Waals surface area contributed by atoms with Crippen LogP contribution in [0.4, 0.5) is 0 Å². The second-order valence-corrected chi connectivity index (χ2v) is 5.73. The van der Waals surface area contributed by atoms with Crippen molar-refractivity contribution in [3.05, 3.63) is 12.2 Å². The van der Waals surface area contributed by atoms with Crippen LogP contribution in [-0.2, 0) is 4.79 Å². The summed E-state index contributed by atoms with van der Waals surface area (Å²) in [5.74, 6) is -0.664. The molecule has 2 nitrogen and oxygen atoms in total. The van der Waals surface area contributed by atoms with E-state index in [-0.39, 0.29) is 24.8 Å². The first-order valence-corrected chi connectivity index (χ1v) is 8.64. The van der Waals surface area contributed by atoms with Gasteiger partial charge in [0, 0.05) is 6.42 Å². The summed E-state index contributed by atoms with van der Waals surface area (Å²) >= 11 is 0. The molecule has 0 aromatic rings. The van der Waals surface area contributed by atoms with Crippen LogP contribution in [0, 0.1) is 0 Å². The standard InChI is InChI=1S/C18H34O2.2ClH/c1-2-3-4-5-6-7-8-9-10-11-12-13-14-15-16-17-18(19)20;;/h9-10H,2-8,11-17H2,1H3,(H,19,20);2*1H/b10-9-;;. The first-order chi connectivity index (χ1) is 9.77. The third-order valence-corrected chi connectivity index (χ3v) is 3.65. The number of rotatable bonds is 15. The van der Waals surface area contributed by atoms with Crippen LogP contribution in [0.5, 0.6) is 0 Å². The Hall–Kier alpha value is -0.210. The molecule has 0 atom stereocenters. The van der Waals surface area contributed by atoms with Gasteiger partial charge in [0.25, 0.3) is 0 Å². The van der Waals surface area contributed by atoms with Crippen LogP contribution < -0.4 is 0 Å². The highest BCUT2D eigenvalue weighted by molar-refractivity contribution is 5.85. The van der Waals surface area contributed by atoms with E-state index in [0.717, 1.165) is 12.8 Å². The van der Waals surface area contributed by atoms with E-state index in [1.807, 2.05) is 0 Å². The average molecular weight is 355 g/mol. The van der Waals surface area contributed by atoms with Crippen LogP contribution in [0.1, 0.15) is 96.8 Å². The molecule has 0 aromatic carbocycles. The third-order valence-electron chi connectivity index (χ3n) is 3.65. The molecule has 22 heavy (non-hydrogen) atoms. The Morgan fingerprint density at radius 1 is 0.727 bits per heavy atom. The van der Waals surface area contributed by atoms with E-state index in [4.69, 9.17) is 5.11 Å². The minimum absolute atomic E-state index is 0. The zero-order valence-corrected chi connectivity index (χ0v) is 15.9. The molecule has 0 fully saturated rings. The maximum Gasteiger partial charge on any atom is 0.303 e. The second kappa shape index (κ2) is 23.1. The van der Waals surface area contributed by atoms with Crippen molar-refractivity contribution in [3.63, 3.8) is 0 Å².